The van der Waals surface area contributed by atoms with E-state index in [0.29, 0.717) is 6.42 Å². The van der Waals surface area contributed by atoms with Crippen molar-refractivity contribution in [1.82, 2.24) is 15.0 Å². The molecule has 2 aromatic rings. The molecule has 3 rings (SSSR count). The summed E-state index contributed by atoms with van der Waals surface area (Å²) in [7, 11) is 0. The van der Waals surface area contributed by atoms with E-state index in [9.17, 15) is 4.79 Å². The molecule has 0 N–H and O–H groups in total. The number of carbonyl (C=O) groups excluding carboxylic acids is 1. The first-order valence-electron chi connectivity index (χ1n) is 8.08. The number of hydrogen-bond donors (Lipinski definition) is 0. The Balaban J connectivity index is 1.48. The summed E-state index contributed by atoms with van der Waals surface area (Å²) in [5.74, 6) is 1.10. The fourth-order valence-electron chi connectivity index (χ4n) is 2.86. The van der Waals surface area contributed by atoms with E-state index in [0.717, 1.165) is 49.7 Å². The van der Waals surface area contributed by atoms with Gasteiger partial charge in [-0.1, -0.05) is 35.0 Å². The largest absolute Gasteiger partial charge is 0.360 e. The molecule has 1 saturated heterocycles. The predicted octanol–water partition coefficient (Wildman–Crippen LogP) is 2.18. The Morgan fingerprint density at radius 1 is 1.13 bits per heavy atom. The Morgan fingerprint density at radius 2 is 1.83 bits per heavy atom. The molecule has 1 aromatic heterocycles. The second-order valence-electron chi connectivity index (χ2n) is 6.25. The van der Waals surface area contributed by atoms with Crippen LogP contribution >= 0.6 is 0 Å². The fraction of sp³-hybridized carbons (Fsp3) is 0.444. The minimum Gasteiger partial charge on any atom is -0.360 e. The smallest absolute Gasteiger partial charge is 0.227 e. The van der Waals surface area contributed by atoms with Crippen LogP contribution in [0.15, 0.2) is 34.9 Å². The van der Waals surface area contributed by atoms with E-state index in [4.69, 9.17) is 4.52 Å². The van der Waals surface area contributed by atoms with Gasteiger partial charge in [0.05, 0.1) is 18.7 Å². The lowest BCUT2D eigenvalue weighted by Gasteiger charge is -2.34. The van der Waals surface area contributed by atoms with Gasteiger partial charge in [0, 0.05) is 32.2 Å². The monoisotopic (exact) mass is 313 g/mol. The van der Waals surface area contributed by atoms with Gasteiger partial charge in [0.15, 0.2) is 5.76 Å². The molecular formula is C18H23N3O2. The molecule has 122 valence electrons. The molecule has 23 heavy (non-hydrogen) atoms. The minimum atomic E-state index is 0.212. The quantitative estimate of drug-likeness (QED) is 0.868. The third-order valence-corrected chi connectivity index (χ3v) is 4.26. The number of piperazine rings is 1. The summed E-state index contributed by atoms with van der Waals surface area (Å²) in [6, 6.07) is 10.2. The number of carbonyl (C=O) groups is 1. The van der Waals surface area contributed by atoms with E-state index in [-0.39, 0.29) is 5.91 Å². The molecule has 0 bridgehead atoms. The number of rotatable bonds is 4. The van der Waals surface area contributed by atoms with Crippen LogP contribution in [0.3, 0.4) is 0 Å². The molecule has 0 atom stereocenters. The maximum Gasteiger partial charge on any atom is 0.227 e. The fourth-order valence-corrected chi connectivity index (χ4v) is 2.86. The Bertz CT molecular complexity index is 655. The molecule has 1 aliphatic heterocycles. The molecule has 0 radical (unpaired) electrons. The van der Waals surface area contributed by atoms with Crippen molar-refractivity contribution in [3.63, 3.8) is 0 Å². The van der Waals surface area contributed by atoms with Gasteiger partial charge < -0.3 is 9.42 Å². The number of aryl methyl sites for hydroxylation is 2. The Morgan fingerprint density at radius 3 is 2.43 bits per heavy atom. The van der Waals surface area contributed by atoms with E-state index in [1.54, 1.807) is 0 Å². The first-order valence-corrected chi connectivity index (χ1v) is 8.08. The molecule has 0 unspecified atom stereocenters. The van der Waals surface area contributed by atoms with Crippen molar-refractivity contribution in [1.29, 1.82) is 0 Å². The first kappa shape index (κ1) is 15.7. The summed E-state index contributed by atoms with van der Waals surface area (Å²) < 4.78 is 5.26. The SMILES string of the molecule is Cc1ccc(CC(=O)N2CCN(Cc3cc(C)no3)CC2)cc1. The van der Waals surface area contributed by atoms with E-state index < -0.39 is 0 Å². The van der Waals surface area contributed by atoms with Gasteiger partial charge in [-0.15, -0.1) is 0 Å². The number of aromatic nitrogens is 1. The van der Waals surface area contributed by atoms with Crippen LogP contribution in [-0.4, -0.2) is 47.0 Å². The van der Waals surface area contributed by atoms with Gasteiger partial charge in [-0.3, -0.25) is 9.69 Å². The molecule has 1 amide bonds. The highest BCUT2D eigenvalue weighted by atomic mass is 16.5. The topological polar surface area (TPSA) is 49.6 Å². The second-order valence-corrected chi connectivity index (χ2v) is 6.25. The van der Waals surface area contributed by atoms with Crippen LogP contribution in [-0.2, 0) is 17.8 Å². The van der Waals surface area contributed by atoms with Gasteiger partial charge in [-0.05, 0) is 19.4 Å². The van der Waals surface area contributed by atoms with Crippen molar-refractivity contribution in [2.45, 2.75) is 26.8 Å². The number of amides is 1. The molecule has 1 aromatic carbocycles. The molecule has 0 saturated carbocycles. The number of hydrogen-bond acceptors (Lipinski definition) is 4. The second kappa shape index (κ2) is 6.96. The highest BCUT2D eigenvalue weighted by molar-refractivity contribution is 5.78. The maximum absolute atomic E-state index is 12.4. The molecule has 5 heteroatoms. The van der Waals surface area contributed by atoms with Gasteiger partial charge in [0.25, 0.3) is 0 Å². The van der Waals surface area contributed by atoms with Crippen LogP contribution in [0.1, 0.15) is 22.6 Å². The number of nitrogens with zero attached hydrogens (tertiary/aromatic N) is 3. The molecule has 2 heterocycles. The molecular weight excluding hydrogens is 290 g/mol. The highest BCUT2D eigenvalue weighted by Crippen LogP contribution is 2.11. The normalized spacial score (nSPS) is 15.8. The van der Waals surface area contributed by atoms with E-state index in [2.05, 4.69) is 29.1 Å². The van der Waals surface area contributed by atoms with Crippen LogP contribution in [0.4, 0.5) is 0 Å². The zero-order valence-corrected chi connectivity index (χ0v) is 13.8. The van der Waals surface area contributed by atoms with Crippen LogP contribution in [0.2, 0.25) is 0 Å². The zero-order chi connectivity index (χ0) is 16.2. The van der Waals surface area contributed by atoms with Crippen LogP contribution in [0.25, 0.3) is 0 Å². The van der Waals surface area contributed by atoms with E-state index in [1.165, 1.54) is 5.56 Å². The van der Waals surface area contributed by atoms with Crippen molar-refractivity contribution in [2.75, 3.05) is 26.2 Å². The summed E-state index contributed by atoms with van der Waals surface area (Å²) in [5, 5.41) is 3.91. The van der Waals surface area contributed by atoms with E-state index >= 15 is 0 Å². The first-order chi connectivity index (χ1) is 11.1. The lowest BCUT2D eigenvalue weighted by Crippen LogP contribution is -2.48. The average Bonchev–Trinajstić information content (AvgIpc) is 2.95. The van der Waals surface area contributed by atoms with Crippen molar-refractivity contribution in [3.8, 4) is 0 Å². The minimum absolute atomic E-state index is 0.212. The maximum atomic E-state index is 12.4. The Hall–Kier alpha value is -2.14. The van der Waals surface area contributed by atoms with Crippen LogP contribution in [0.5, 0.6) is 0 Å². The van der Waals surface area contributed by atoms with Gasteiger partial charge in [-0.25, -0.2) is 0 Å². The third kappa shape index (κ3) is 4.20. The van der Waals surface area contributed by atoms with E-state index in [1.807, 2.05) is 30.0 Å². The Kier molecular flexibility index (Phi) is 4.76. The third-order valence-electron chi connectivity index (χ3n) is 4.26. The zero-order valence-electron chi connectivity index (χ0n) is 13.8. The van der Waals surface area contributed by atoms with Crippen molar-refractivity contribution < 1.29 is 9.32 Å². The summed E-state index contributed by atoms with van der Waals surface area (Å²) in [4.78, 5) is 16.7. The van der Waals surface area contributed by atoms with Gasteiger partial charge in [0.1, 0.15) is 0 Å². The van der Waals surface area contributed by atoms with Crippen molar-refractivity contribution >= 4 is 5.91 Å². The van der Waals surface area contributed by atoms with Crippen LogP contribution in [0, 0.1) is 13.8 Å². The summed E-state index contributed by atoms with van der Waals surface area (Å²) in [5.41, 5.74) is 3.21. The summed E-state index contributed by atoms with van der Waals surface area (Å²) >= 11 is 0. The van der Waals surface area contributed by atoms with Gasteiger partial charge in [-0.2, -0.15) is 0 Å². The molecule has 5 nitrogen and oxygen atoms in total. The number of benzene rings is 1. The van der Waals surface area contributed by atoms with Crippen molar-refractivity contribution in [3.05, 3.63) is 52.9 Å². The lowest BCUT2D eigenvalue weighted by atomic mass is 10.1. The average molecular weight is 313 g/mol. The summed E-state index contributed by atoms with van der Waals surface area (Å²) in [6.45, 7) is 8.05. The standard InChI is InChI=1S/C18H23N3O2/c1-14-3-5-16(6-4-14)12-18(22)21-9-7-20(8-10-21)13-17-11-15(2)19-23-17/h3-6,11H,7-10,12-13H2,1-2H3. The van der Waals surface area contributed by atoms with Crippen LogP contribution < -0.4 is 0 Å². The molecule has 1 fully saturated rings. The molecule has 0 aliphatic carbocycles. The Labute approximate surface area is 136 Å². The summed E-state index contributed by atoms with van der Waals surface area (Å²) in [6.07, 6.45) is 0.488. The van der Waals surface area contributed by atoms with Gasteiger partial charge in [0.2, 0.25) is 5.91 Å². The predicted molar refractivity (Wildman–Crippen MR) is 88.0 cm³/mol. The molecule has 0 spiro atoms. The molecule has 1 aliphatic rings. The van der Waals surface area contributed by atoms with Gasteiger partial charge >= 0.3 is 0 Å². The lowest BCUT2D eigenvalue weighted by molar-refractivity contribution is -0.132. The van der Waals surface area contributed by atoms with Crippen molar-refractivity contribution in [2.24, 2.45) is 0 Å². The highest BCUT2D eigenvalue weighted by Gasteiger charge is 2.22.